The van der Waals surface area contributed by atoms with Gasteiger partial charge in [-0.1, -0.05) is 48.5 Å². The van der Waals surface area contributed by atoms with Crippen molar-refractivity contribution in [2.24, 2.45) is 11.3 Å². The normalized spacial score (nSPS) is 24.4. The van der Waals surface area contributed by atoms with E-state index in [1.54, 1.807) is 7.05 Å². The number of amides is 2. The Labute approximate surface area is 192 Å². The van der Waals surface area contributed by atoms with Crippen LogP contribution in [0.3, 0.4) is 0 Å². The Morgan fingerprint density at radius 3 is 2.33 bits per heavy atom. The second-order valence-corrected chi connectivity index (χ2v) is 9.53. The van der Waals surface area contributed by atoms with Crippen molar-refractivity contribution < 1.29 is 24.2 Å². The fraction of sp³-hybridized carbons (Fsp3) is 0.423. The Hall–Kier alpha value is -3.35. The molecule has 0 spiro atoms. The number of hydrogen-bond acceptors (Lipinski definition) is 4. The number of alkyl carbamates (subject to hydrolysis) is 1. The number of rotatable bonds is 7. The van der Waals surface area contributed by atoms with Gasteiger partial charge in [-0.25, -0.2) is 4.79 Å². The minimum Gasteiger partial charge on any atom is -0.481 e. The van der Waals surface area contributed by atoms with E-state index in [2.05, 4.69) is 29.6 Å². The number of hydrogen-bond donors (Lipinski definition) is 2. The average molecular weight is 449 g/mol. The number of carbonyl (C=O) groups is 3. The van der Waals surface area contributed by atoms with Crippen molar-refractivity contribution in [2.45, 2.75) is 37.6 Å². The lowest BCUT2D eigenvalue weighted by atomic mass is 9.98. The van der Waals surface area contributed by atoms with Crippen LogP contribution < -0.4 is 5.32 Å². The smallest absolute Gasteiger partial charge is 0.407 e. The van der Waals surface area contributed by atoms with Gasteiger partial charge < -0.3 is 20.1 Å². The van der Waals surface area contributed by atoms with Crippen LogP contribution >= 0.6 is 0 Å². The minimum atomic E-state index is -0.916. The van der Waals surface area contributed by atoms with E-state index < -0.39 is 17.5 Å². The molecule has 7 nitrogen and oxygen atoms in total. The Morgan fingerprint density at radius 2 is 1.70 bits per heavy atom. The van der Waals surface area contributed by atoms with E-state index >= 15 is 0 Å². The zero-order chi connectivity index (χ0) is 23.2. The molecule has 3 unspecified atom stereocenters. The molecule has 0 heterocycles. The maximum absolute atomic E-state index is 12.9. The molecule has 0 aliphatic heterocycles. The Morgan fingerprint density at radius 1 is 1.06 bits per heavy atom. The molecule has 2 saturated carbocycles. The summed E-state index contributed by atoms with van der Waals surface area (Å²) in [4.78, 5) is 37.8. The van der Waals surface area contributed by atoms with Crippen LogP contribution in [0.5, 0.6) is 0 Å². The van der Waals surface area contributed by atoms with Crippen LogP contribution in [0.15, 0.2) is 48.5 Å². The van der Waals surface area contributed by atoms with Crippen LogP contribution in [-0.4, -0.2) is 54.2 Å². The van der Waals surface area contributed by atoms with Crippen LogP contribution in [0.2, 0.25) is 0 Å². The average Bonchev–Trinajstić information content (AvgIpc) is 3.23. The van der Waals surface area contributed by atoms with Gasteiger partial charge in [-0.3, -0.25) is 9.59 Å². The molecular weight excluding hydrogens is 420 g/mol. The van der Waals surface area contributed by atoms with Gasteiger partial charge in [-0.15, -0.1) is 0 Å². The van der Waals surface area contributed by atoms with Crippen molar-refractivity contribution in [3.63, 3.8) is 0 Å². The van der Waals surface area contributed by atoms with Crippen LogP contribution in [0.25, 0.3) is 11.1 Å². The highest BCUT2D eigenvalue weighted by Crippen LogP contribution is 2.64. The summed E-state index contributed by atoms with van der Waals surface area (Å²) in [6.45, 7) is 0.463. The predicted octanol–water partition coefficient (Wildman–Crippen LogP) is 3.63. The molecule has 0 aromatic heterocycles. The summed E-state index contributed by atoms with van der Waals surface area (Å²) in [5.41, 5.74) is 4.26. The minimum absolute atomic E-state index is 0.00872. The molecule has 2 aromatic rings. The first kappa shape index (κ1) is 21.5. The van der Waals surface area contributed by atoms with Gasteiger partial charge in [0.25, 0.3) is 0 Å². The molecule has 7 heteroatoms. The molecule has 0 saturated heterocycles. The molecule has 2 amide bonds. The standard InChI is InChI=1S/C26H28N2O5/c1-28(11-10-23(29)30)24(31)26-13-16(26)12-17(14-26)27-25(32)33-15-22-20-8-4-2-6-18(20)19-7-3-5-9-21(19)22/h2-9,16-17,22H,10-15H2,1H3,(H,27,32)(H,29,30). The number of benzene rings is 2. The van der Waals surface area contributed by atoms with Gasteiger partial charge in [-0.05, 0) is 47.4 Å². The van der Waals surface area contributed by atoms with E-state index in [1.807, 2.05) is 24.3 Å². The topological polar surface area (TPSA) is 95.9 Å². The molecule has 2 fully saturated rings. The van der Waals surface area contributed by atoms with Gasteiger partial charge in [0, 0.05) is 25.6 Å². The number of ether oxygens (including phenoxy) is 1. The lowest BCUT2D eigenvalue weighted by Gasteiger charge is -2.23. The van der Waals surface area contributed by atoms with Gasteiger partial charge in [0.1, 0.15) is 6.61 Å². The van der Waals surface area contributed by atoms with Crippen molar-refractivity contribution in [2.75, 3.05) is 20.2 Å². The first-order valence-corrected chi connectivity index (χ1v) is 11.5. The van der Waals surface area contributed by atoms with Crippen LogP contribution in [0.4, 0.5) is 4.79 Å². The largest absolute Gasteiger partial charge is 0.481 e. The summed E-state index contributed by atoms with van der Waals surface area (Å²) < 4.78 is 5.65. The van der Waals surface area contributed by atoms with Gasteiger partial charge in [0.2, 0.25) is 5.91 Å². The highest BCUT2D eigenvalue weighted by Gasteiger charge is 2.65. The van der Waals surface area contributed by atoms with Crippen molar-refractivity contribution in [3.05, 3.63) is 59.7 Å². The highest BCUT2D eigenvalue weighted by molar-refractivity contribution is 5.87. The molecule has 0 radical (unpaired) electrons. The van der Waals surface area contributed by atoms with E-state index in [0.717, 1.165) is 12.8 Å². The summed E-state index contributed by atoms with van der Waals surface area (Å²) in [7, 11) is 1.65. The third kappa shape index (κ3) is 3.86. The van der Waals surface area contributed by atoms with Crippen molar-refractivity contribution in [1.29, 1.82) is 0 Å². The second-order valence-electron chi connectivity index (χ2n) is 9.53. The number of carboxylic acids is 1. The lowest BCUT2D eigenvalue weighted by molar-refractivity contribution is -0.139. The van der Waals surface area contributed by atoms with Crippen LogP contribution in [-0.2, 0) is 14.3 Å². The molecule has 172 valence electrons. The molecule has 2 N–H and O–H groups in total. The van der Waals surface area contributed by atoms with E-state index in [-0.39, 0.29) is 43.4 Å². The van der Waals surface area contributed by atoms with Gasteiger partial charge in [0.05, 0.1) is 11.8 Å². The summed E-state index contributed by atoms with van der Waals surface area (Å²) >= 11 is 0. The predicted molar refractivity (Wildman–Crippen MR) is 122 cm³/mol. The first-order valence-electron chi connectivity index (χ1n) is 11.5. The molecular formula is C26H28N2O5. The maximum atomic E-state index is 12.9. The molecule has 3 aliphatic carbocycles. The number of nitrogens with zero attached hydrogens (tertiary/aromatic N) is 1. The number of carbonyl (C=O) groups excluding carboxylic acids is 2. The van der Waals surface area contributed by atoms with E-state index in [4.69, 9.17) is 9.84 Å². The summed E-state index contributed by atoms with van der Waals surface area (Å²) in [6, 6.07) is 16.3. The lowest BCUT2D eigenvalue weighted by Crippen LogP contribution is -2.39. The van der Waals surface area contributed by atoms with Crippen molar-refractivity contribution in [3.8, 4) is 11.1 Å². The van der Waals surface area contributed by atoms with Crippen LogP contribution in [0, 0.1) is 11.3 Å². The highest BCUT2D eigenvalue weighted by atomic mass is 16.5. The van der Waals surface area contributed by atoms with Crippen molar-refractivity contribution in [1.82, 2.24) is 10.2 Å². The number of fused-ring (bicyclic) bond motifs is 4. The molecule has 5 rings (SSSR count). The third-order valence-electron chi connectivity index (χ3n) is 7.51. The van der Waals surface area contributed by atoms with E-state index in [9.17, 15) is 14.4 Å². The Bertz CT molecular complexity index is 1070. The van der Waals surface area contributed by atoms with Crippen LogP contribution in [0.1, 0.15) is 42.7 Å². The van der Waals surface area contributed by atoms with Crippen molar-refractivity contribution >= 4 is 18.0 Å². The fourth-order valence-corrected chi connectivity index (χ4v) is 5.82. The van der Waals surface area contributed by atoms with E-state index in [0.29, 0.717) is 6.42 Å². The Kier molecular flexibility index (Phi) is 5.35. The number of aliphatic carboxylic acids is 1. The van der Waals surface area contributed by atoms with Gasteiger partial charge in [-0.2, -0.15) is 0 Å². The third-order valence-corrected chi connectivity index (χ3v) is 7.51. The fourth-order valence-electron chi connectivity index (χ4n) is 5.82. The Balaban J connectivity index is 1.17. The molecule has 0 bridgehead atoms. The SMILES string of the molecule is CN(CCC(=O)O)C(=O)C12CC(NC(=O)OCC3c4ccccc4-c4ccccc43)CC1C2. The zero-order valence-corrected chi connectivity index (χ0v) is 18.6. The molecule has 2 aromatic carbocycles. The van der Waals surface area contributed by atoms with E-state index in [1.165, 1.54) is 27.2 Å². The molecule has 33 heavy (non-hydrogen) atoms. The van der Waals surface area contributed by atoms with Gasteiger partial charge in [0.15, 0.2) is 0 Å². The number of nitrogens with one attached hydrogen (secondary N) is 1. The number of carboxylic acid groups (broad SMARTS) is 1. The maximum Gasteiger partial charge on any atom is 0.407 e. The quantitative estimate of drug-likeness (QED) is 0.674. The molecule has 3 aliphatic rings. The second kappa shape index (κ2) is 8.21. The first-order chi connectivity index (χ1) is 15.9. The monoisotopic (exact) mass is 448 g/mol. The summed E-state index contributed by atoms with van der Waals surface area (Å²) in [6.07, 6.45) is 1.63. The summed E-state index contributed by atoms with van der Waals surface area (Å²) in [5, 5.41) is 11.8. The molecule has 3 atom stereocenters. The summed E-state index contributed by atoms with van der Waals surface area (Å²) in [5.74, 6) is -0.668. The van der Waals surface area contributed by atoms with Gasteiger partial charge >= 0.3 is 12.1 Å². The zero-order valence-electron chi connectivity index (χ0n) is 18.6.